The Morgan fingerprint density at radius 2 is 1.78 bits per heavy atom. The monoisotopic (exact) mass is 315 g/mol. The number of carbonyl (C=O) groups is 1. The highest BCUT2D eigenvalue weighted by molar-refractivity contribution is 5.88. The van der Waals surface area contributed by atoms with Crippen molar-refractivity contribution in [3.8, 4) is 0 Å². The summed E-state index contributed by atoms with van der Waals surface area (Å²) in [5, 5.41) is 0. The van der Waals surface area contributed by atoms with Crippen LogP contribution in [0.1, 0.15) is 0 Å². The van der Waals surface area contributed by atoms with Gasteiger partial charge in [0.05, 0.1) is 13.2 Å². The number of aromatic nitrogens is 2. The van der Waals surface area contributed by atoms with Crippen LogP contribution < -0.4 is 9.80 Å². The van der Waals surface area contributed by atoms with Gasteiger partial charge in [0.1, 0.15) is 18.0 Å². The predicted molar refractivity (Wildman–Crippen MR) is 86.5 cm³/mol. The number of amides is 1. The van der Waals surface area contributed by atoms with Gasteiger partial charge in [-0.1, -0.05) is 6.58 Å². The maximum absolute atomic E-state index is 11.6. The summed E-state index contributed by atoms with van der Waals surface area (Å²) in [7, 11) is 0. The lowest BCUT2D eigenvalue weighted by atomic mass is 9.73. The fraction of sp³-hybridized carbons (Fsp3) is 0.562. The Kier molecular flexibility index (Phi) is 3.45. The zero-order chi connectivity index (χ0) is 15.9. The van der Waals surface area contributed by atoms with Gasteiger partial charge in [0.15, 0.2) is 0 Å². The van der Waals surface area contributed by atoms with Crippen LogP contribution in [0.4, 0.5) is 11.6 Å². The van der Waals surface area contributed by atoms with Crippen molar-refractivity contribution in [3.63, 3.8) is 0 Å². The standard InChI is InChI=1S/C16H21N5O2/c1-2-15(22)21-10-16(11-21)8-20(9-16)14-7-13(17-12-18-14)19-3-5-23-6-4-19/h2,7,12H,1,3-6,8-11H2. The van der Waals surface area contributed by atoms with Crippen molar-refractivity contribution in [2.24, 2.45) is 5.41 Å². The molecule has 3 aliphatic rings. The second-order valence-electron chi connectivity index (χ2n) is 6.59. The molecule has 3 saturated heterocycles. The topological polar surface area (TPSA) is 61.8 Å². The first kappa shape index (κ1) is 14.4. The summed E-state index contributed by atoms with van der Waals surface area (Å²) in [5.74, 6) is 1.97. The SMILES string of the molecule is C=CC(=O)N1CC2(C1)CN(c1cc(N3CCOCC3)ncn1)C2. The molecular weight excluding hydrogens is 294 g/mol. The third-order valence-electron chi connectivity index (χ3n) is 4.89. The van der Waals surface area contributed by atoms with E-state index >= 15 is 0 Å². The van der Waals surface area contributed by atoms with E-state index in [0.717, 1.165) is 64.1 Å². The molecule has 0 saturated carbocycles. The molecule has 0 atom stereocenters. The zero-order valence-corrected chi connectivity index (χ0v) is 13.1. The van der Waals surface area contributed by atoms with Gasteiger partial charge in [0.2, 0.25) is 5.91 Å². The first-order valence-electron chi connectivity index (χ1n) is 8.00. The molecule has 1 aromatic rings. The molecule has 1 spiro atoms. The minimum absolute atomic E-state index is 0.0331. The van der Waals surface area contributed by atoms with E-state index in [-0.39, 0.29) is 11.3 Å². The van der Waals surface area contributed by atoms with Crippen LogP contribution in [0.2, 0.25) is 0 Å². The number of likely N-dealkylation sites (tertiary alicyclic amines) is 1. The molecule has 0 bridgehead atoms. The minimum atomic E-state index is 0.0331. The molecule has 7 nitrogen and oxygen atoms in total. The number of rotatable bonds is 3. The Labute approximate surface area is 135 Å². The normalized spacial score (nSPS) is 22.5. The summed E-state index contributed by atoms with van der Waals surface area (Å²) < 4.78 is 5.38. The predicted octanol–water partition coefficient (Wildman–Crippen LogP) is 0.148. The van der Waals surface area contributed by atoms with Crippen molar-refractivity contribution in [2.75, 3.05) is 62.3 Å². The third kappa shape index (κ3) is 2.55. The lowest BCUT2D eigenvalue weighted by Gasteiger charge is -2.60. The highest BCUT2D eigenvalue weighted by atomic mass is 16.5. The second-order valence-corrected chi connectivity index (χ2v) is 6.59. The molecule has 4 heterocycles. The molecule has 4 rings (SSSR count). The van der Waals surface area contributed by atoms with Crippen LogP contribution in [0, 0.1) is 5.41 Å². The van der Waals surface area contributed by atoms with Crippen molar-refractivity contribution in [3.05, 3.63) is 25.0 Å². The van der Waals surface area contributed by atoms with Gasteiger partial charge in [-0.25, -0.2) is 9.97 Å². The molecule has 0 N–H and O–H groups in total. The average molecular weight is 315 g/mol. The van der Waals surface area contributed by atoms with E-state index in [0.29, 0.717) is 0 Å². The summed E-state index contributed by atoms with van der Waals surface area (Å²) in [6.07, 6.45) is 3.03. The second kappa shape index (κ2) is 5.49. The maximum atomic E-state index is 11.6. The van der Waals surface area contributed by atoms with E-state index in [1.54, 1.807) is 6.33 Å². The fourth-order valence-electron chi connectivity index (χ4n) is 3.65. The number of morpholine rings is 1. The molecular formula is C16H21N5O2. The number of hydrogen-bond donors (Lipinski definition) is 0. The van der Waals surface area contributed by atoms with Gasteiger partial charge >= 0.3 is 0 Å². The summed E-state index contributed by atoms with van der Waals surface area (Å²) in [5.41, 5.74) is 0.253. The number of ether oxygens (including phenoxy) is 1. The smallest absolute Gasteiger partial charge is 0.245 e. The van der Waals surface area contributed by atoms with Crippen LogP contribution in [0.3, 0.4) is 0 Å². The molecule has 7 heteroatoms. The Balaban J connectivity index is 1.37. The Hall–Kier alpha value is -2.15. The van der Waals surface area contributed by atoms with Gasteiger partial charge in [-0.15, -0.1) is 0 Å². The van der Waals surface area contributed by atoms with Crippen LogP contribution in [0.25, 0.3) is 0 Å². The van der Waals surface area contributed by atoms with E-state index in [4.69, 9.17) is 4.74 Å². The zero-order valence-electron chi connectivity index (χ0n) is 13.1. The van der Waals surface area contributed by atoms with Crippen molar-refractivity contribution in [2.45, 2.75) is 0 Å². The van der Waals surface area contributed by atoms with E-state index < -0.39 is 0 Å². The van der Waals surface area contributed by atoms with E-state index in [1.165, 1.54) is 6.08 Å². The Morgan fingerprint density at radius 3 is 2.43 bits per heavy atom. The Morgan fingerprint density at radius 1 is 1.13 bits per heavy atom. The van der Waals surface area contributed by atoms with Crippen molar-refractivity contribution in [1.29, 1.82) is 0 Å². The summed E-state index contributed by atoms with van der Waals surface area (Å²) in [6, 6.07) is 2.06. The maximum Gasteiger partial charge on any atom is 0.245 e. The number of hydrogen-bond acceptors (Lipinski definition) is 6. The molecule has 122 valence electrons. The van der Waals surface area contributed by atoms with E-state index in [2.05, 4.69) is 32.4 Å². The van der Waals surface area contributed by atoms with Gasteiger partial charge < -0.3 is 19.4 Å². The fourth-order valence-corrected chi connectivity index (χ4v) is 3.65. The number of nitrogens with zero attached hydrogens (tertiary/aromatic N) is 5. The average Bonchev–Trinajstić information content (AvgIpc) is 2.53. The molecule has 0 aliphatic carbocycles. The highest BCUT2D eigenvalue weighted by Crippen LogP contribution is 2.41. The van der Waals surface area contributed by atoms with Gasteiger partial charge in [0.25, 0.3) is 0 Å². The molecule has 0 unspecified atom stereocenters. The molecule has 0 radical (unpaired) electrons. The molecule has 23 heavy (non-hydrogen) atoms. The summed E-state index contributed by atoms with van der Waals surface area (Å²) >= 11 is 0. The molecule has 1 aromatic heterocycles. The Bertz CT molecular complexity index is 615. The number of anilines is 2. The van der Waals surface area contributed by atoms with Crippen LogP contribution in [-0.2, 0) is 9.53 Å². The largest absolute Gasteiger partial charge is 0.378 e. The minimum Gasteiger partial charge on any atom is -0.378 e. The van der Waals surface area contributed by atoms with Crippen LogP contribution >= 0.6 is 0 Å². The van der Waals surface area contributed by atoms with Crippen molar-refractivity contribution >= 4 is 17.5 Å². The summed E-state index contributed by atoms with van der Waals surface area (Å²) in [4.78, 5) is 26.7. The first-order chi connectivity index (χ1) is 11.2. The quantitative estimate of drug-likeness (QED) is 0.740. The van der Waals surface area contributed by atoms with E-state index in [1.807, 2.05) is 4.90 Å². The lowest BCUT2D eigenvalue weighted by molar-refractivity contribution is -0.139. The van der Waals surface area contributed by atoms with Gasteiger partial charge in [-0.3, -0.25) is 4.79 Å². The number of carbonyl (C=O) groups excluding carboxylic acids is 1. The van der Waals surface area contributed by atoms with Crippen molar-refractivity contribution in [1.82, 2.24) is 14.9 Å². The first-order valence-corrected chi connectivity index (χ1v) is 8.00. The van der Waals surface area contributed by atoms with Gasteiger partial charge in [0, 0.05) is 50.7 Å². The highest BCUT2D eigenvalue weighted by Gasteiger charge is 2.53. The third-order valence-corrected chi connectivity index (χ3v) is 4.89. The lowest BCUT2D eigenvalue weighted by Crippen LogP contribution is -2.73. The molecule has 3 fully saturated rings. The van der Waals surface area contributed by atoms with Crippen molar-refractivity contribution < 1.29 is 9.53 Å². The van der Waals surface area contributed by atoms with Crippen LogP contribution in [0.5, 0.6) is 0 Å². The molecule has 1 amide bonds. The van der Waals surface area contributed by atoms with E-state index in [9.17, 15) is 4.79 Å². The van der Waals surface area contributed by atoms with Crippen LogP contribution in [0.15, 0.2) is 25.0 Å². The molecule has 3 aliphatic heterocycles. The van der Waals surface area contributed by atoms with Crippen LogP contribution in [-0.4, -0.2) is 73.3 Å². The molecule has 0 aromatic carbocycles. The summed E-state index contributed by atoms with van der Waals surface area (Å²) in [6.45, 7) is 10.3. The van der Waals surface area contributed by atoms with Gasteiger partial charge in [-0.2, -0.15) is 0 Å². The van der Waals surface area contributed by atoms with Gasteiger partial charge in [-0.05, 0) is 6.08 Å².